The molecule has 2 aromatic rings. The van der Waals surface area contributed by atoms with E-state index in [1.54, 1.807) is 18.2 Å². The molecule has 1 heterocycles. The number of carbonyl (C=O) groups is 1. The lowest BCUT2D eigenvalue weighted by atomic mass is 9.85. The first kappa shape index (κ1) is 14.1. The number of anilines is 1. The number of carbonyl (C=O) groups excluding carboxylic acids is 1. The molecular formula is C17H15ClFNO. The fourth-order valence-electron chi connectivity index (χ4n) is 2.61. The number of hydrogen-bond donors (Lipinski definition) is 1. The number of nitrogens with one attached hydrogen (secondary N) is 1. The van der Waals surface area contributed by atoms with E-state index >= 15 is 0 Å². The minimum Gasteiger partial charge on any atom is -0.325 e. The van der Waals surface area contributed by atoms with Crippen LogP contribution in [0.1, 0.15) is 35.9 Å². The van der Waals surface area contributed by atoms with E-state index in [1.807, 2.05) is 32.0 Å². The lowest BCUT2D eigenvalue weighted by Crippen LogP contribution is -2.26. The largest absolute Gasteiger partial charge is 0.325 e. The SMILES string of the molecule is CC1(C)C(=O)Nc2ccc(C(Cl)c3ccccc3F)cc21. The maximum absolute atomic E-state index is 13.9. The van der Waals surface area contributed by atoms with Crippen LogP contribution < -0.4 is 5.32 Å². The summed E-state index contributed by atoms with van der Waals surface area (Å²) in [7, 11) is 0. The molecule has 0 saturated heterocycles. The predicted octanol–water partition coefficient (Wildman–Crippen LogP) is 4.38. The van der Waals surface area contributed by atoms with Gasteiger partial charge in [-0.3, -0.25) is 4.79 Å². The van der Waals surface area contributed by atoms with Crippen molar-refractivity contribution in [3.63, 3.8) is 0 Å². The molecule has 1 aliphatic rings. The zero-order valence-corrected chi connectivity index (χ0v) is 12.5. The van der Waals surface area contributed by atoms with E-state index in [-0.39, 0.29) is 11.7 Å². The van der Waals surface area contributed by atoms with Crippen LogP contribution >= 0.6 is 11.6 Å². The van der Waals surface area contributed by atoms with E-state index in [0.29, 0.717) is 5.56 Å². The monoisotopic (exact) mass is 303 g/mol. The quantitative estimate of drug-likeness (QED) is 0.819. The first-order valence-electron chi connectivity index (χ1n) is 6.75. The number of amides is 1. The van der Waals surface area contributed by atoms with Crippen molar-refractivity contribution >= 4 is 23.2 Å². The third-order valence-electron chi connectivity index (χ3n) is 4.00. The van der Waals surface area contributed by atoms with Crippen LogP contribution in [0, 0.1) is 5.82 Å². The van der Waals surface area contributed by atoms with Crippen LogP contribution in [0.15, 0.2) is 42.5 Å². The molecule has 3 rings (SSSR count). The second-order valence-corrected chi connectivity index (χ2v) is 6.20. The minimum atomic E-state index is -0.600. The molecule has 1 N–H and O–H groups in total. The molecule has 0 bridgehead atoms. The molecular weight excluding hydrogens is 289 g/mol. The highest BCUT2D eigenvalue weighted by Crippen LogP contribution is 2.40. The maximum atomic E-state index is 13.9. The van der Waals surface area contributed by atoms with Gasteiger partial charge in [0, 0.05) is 11.3 Å². The van der Waals surface area contributed by atoms with Gasteiger partial charge in [0.05, 0.1) is 10.8 Å². The smallest absolute Gasteiger partial charge is 0.234 e. The Morgan fingerprint density at radius 3 is 2.62 bits per heavy atom. The summed E-state index contributed by atoms with van der Waals surface area (Å²) in [6, 6.07) is 12.0. The highest BCUT2D eigenvalue weighted by Gasteiger charge is 2.38. The van der Waals surface area contributed by atoms with Crippen LogP contribution in [0.25, 0.3) is 0 Å². The molecule has 1 unspecified atom stereocenters. The van der Waals surface area contributed by atoms with E-state index in [4.69, 9.17) is 11.6 Å². The summed E-state index contributed by atoms with van der Waals surface area (Å²) >= 11 is 6.42. The number of fused-ring (bicyclic) bond motifs is 1. The summed E-state index contributed by atoms with van der Waals surface area (Å²) < 4.78 is 13.9. The van der Waals surface area contributed by atoms with Crippen LogP contribution in [0.5, 0.6) is 0 Å². The number of alkyl halides is 1. The molecule has 0 radical (unpaired) electrons. The summed E-state index contributed by atoms with van der Waals surface area (Å²) in [5.74, 6) is -0.363. The summed E-state index contributed by atoms with van der Waals surface area (Å²) in [5, 5.41) is 2.27. The van der Waals surface area contributed by atoms with Crippen molar-refractivity contribution in [2.45, 2.75) is 24.6 Å². The van der Waals surface area contributed by atoms with E-state index in [9.17, 15) is 9.18 Å². The van der Waals surface area contributed by atoms with Gasteiger partial charge in [-0.05, 0) is 37.1 Å². The van der Waals surface area contributed by atoms with Crippen LogP contribution in [-0.2, 0) is 10.2 Å². The van der Waals surface area contributed by atoms with Gasteiger partial charge in [-0.15, -0.1) is 11.6 Å². The Balaban J connectivity index is 2.05. The molecule has 0 saturated carbocycles. The van der Waals surface area contributed by atoms with E-state index in [2.05, 4.69) is 5.32 Å². The van der Waals surface area contributed by atoms with Crippen molar-refractivity contribution in [1.82, 2.24) is 0 Å². The molecule has 1 atom stereocenters. The normalized spacial score (nSPS) is 17.2. The number of benzene rings is 2. The second-order valence-electron chi connectivity index (χ2n) is 5.77. The van der Waals surface area contributed by atoms with Gasteiger partial charge in [-0.25, -0.2) is 4.39 Å². The topological polar surface area (TPSA) is 29.1 Å². The number of hydrogen-bond acceptors (Lipinski definition) is 1. The zero-order chi connectivity index (χ0) is 15.2. The molecule has 108 valence electrons. The van der Waals surface area contributed by atoms with Gasteiger partial charge in [0.15, 0.2) is 0 Å². The summed E-state index contributed by atoms with van der Waals surface area (Å²) in [6.07, 6.45) is 0. The van der Waals surface area contributed by atoms with Gasteiger partial charge in [-0.1, -0.05) is 30.3 Å². The molecule has 0 aromatic heterocycles. The Labute approximate surface area is 127 Å². The highest BCUT2D eigenvalue weighted by molar-refractivity contribution is 6.22. The molecule has 1 amide bonds. The molecule has 0 spiro atoms. The van der Waals surface area contributed by atoms with Crippen molar-refractivity contribution in [3.05, 3.63) is 65.0 Å². The average molecular weight is 304 g/mol. The second kappa shape index (κ2) is 4.85. The first-order valence-corrected chi connectivity index (χ1v) is 7.19. The van der Waals surface area contributed by atoms with Gasteiger partial charge in [0.25, 0.3) is 0 Å². The van der Waals surface area contributed by atoms with E-state index < -0.39 is 10.8 Å². The standard InChI is InChI=1S/C17H15ClFNO/c1-17(2)12-9-10(7-8-14(12)20-16(17)21)15(18)11-5-3-4-6-13(11)19/h3-9,15H,1-2H3,(H,20,21). The summed E-state index contributed by atoms with van der Waals surface area (Å²) in [5.41, 5.74) is 2.31. The lowest BCUT2D eigenvalue weighted by Gasteiger charge is -2.17. The molecule has 0 fully saturated rings. The van der Waals surface area contributed by atoms with Gasteiger partial charge in [0.2, 0.25) is 5.91 Å². The molecule has 0 aliphatic carbocycles. The fraction of sp³-hybridized carbons (Fsp3) is 0.235. The fourth-order valence-corrected chi connectivity index (χ4v) is 2.92. The van der Waals surface area contributed by atoms with Gasteiger partial charge in [0.1, 0.15) is 5.82 Å². The first-order chi connectivity index (χ1) is 9.91. The predicted molar refractivity (Wildman–Crippen MR) is 82.2 cm³/mol. The Hall–Kier alpha value is -1.87. The van der Waals surface area contributed by atoms with Crippen molar-refractivity contribution in [2.24, 2.45) is 0 Å². The molecule has 2 aromatic carbocycles. The van der Waals surface area contributed by atoms with Crippen LogP contribution in [0.4, 0.5) is 10.1 Å². The van der Waals surface area contributed by atoms with Gasteiger partial charge < -0.3 is 5.32 Å². The van der Waals surface area contributed by atoms with Crippen LogP contribution in [0.2, 0.25) is 0 Å². The summed E-state index contributed by atoms with van der Waals surface area (Å²) in [4.78, 5) is 12.0. The lowest BCUT2D eigenvalue weighted by molar-refractivity contribution is -0.119. The van der Waals surface area contributed by atoms with E-state index in [1.165, 1.54) is 6.07 Å². The highest BCUT2D eigenvalue weighted by atomic mass is 35.5. The van der Waals surface area contributed by atoms with E-state index in [0.717, 1.165) is 16.8 Å². The Morgan fingerprint density at radius 1 is 1.19 bits per heavy atom. The average Bonchev–Trinajstić information content (AvgIpc) is 2.69. The van der Waals surface area contributed by atoms with Gasteiger partial charge >= 0.3 is 0 Å². The Kier molecular flexibility index (Phi) is 3.25. The van der Waals surface area contributed by atoms with Gasteiger partial charge in [-0.2, -0.15) is 0 Å². The Morgan fingerprint density at radius 2 is 1.90 bits per heavy atom. The van der Waals surface area contributed by atoms with Crippen molar-refractivity contribution in [1.29, 1.82) is 0 Å². The summed E-state index contributed by atoms with van der Waals surface area (Å²) in [6.45, 7) is 3.73. The molecule has 4 heteroatoms. The number of rotatable bonds is 2. The van der Waals surface area contributed by atoms with Crippen LogP contribution in [0.3, 0.4) is 0 Å². The third-order valence-corrected chi connectivity index (χ3v) is 4.49. The van der Waals surface area contributed by atoms with Crippen molar-refractivity contribution in [2.75, 3.05) is 5.32 Å². The van der Waals surface area contributed by atoms with Crippen molar-refractivity contribution < 1.29 is 9.18 Å². The minimum absolute atomic E-state index is 0.0355. The molecule has 2 nitrogen and oxygen atoms in total. The molecule has 1 aliphatic heterocycles. The maximum Gasteiger partial charge on any atom is 0.234 e. The van der Waals surface area contributed by atoms with Crippen LogP contribution in [-0.4, -0.2) is 5.91 Å². The molecule has 21 heavy (non-hydrogen) atoms. The Bertz CT molecular complexity index is 726. The zero-order valence-electron chi connectivity index (χ0n) is 11.8. The third kappa shape index (κ3) is 2.22. The van der Waals surface area contributed by atoms with Crippen molar-refractivity contribution in [3.8, 4) is 0 Å². The number of halogens is 2.